The van der Waals surface area contributed by atoms with E-state index in [1.165, 1.54) is 24.0 Å². The molecule has 5 rings (SSSR count). The van der Waals surface area contributed by atoms with Gasteiger partial charge in [0.25, 0.3) is 5.91 Å². The Labute approximate surface area is 172 Å². The van der Waals surface area contributed by atoms with Gasteiger partial charge in [-0.25, -0.2) is 0 Å². The molecule has 6 nitrogen and oxygen atoms in total. The number of aromatic nitrogens is 2. The number of hydrogen-bond acceptors (Lipinski definition) is 4. The zero-order valence-corrected chi connectivity index (χ0v) is 17.0. The molecule has 6 heteroatoms. The van der Waals surface area contributed by atoms with Crippen molar-refractivity contribution in [2.45, 2.75) is 63.6 Å². The second-order valence-corrected chi connectivity index (χ2v) is 8.59. The van der Waals surface area contributed by atoms with Crippen molar-refractivity contribution in [2.75, 3.05) is 19.7 Å². The molecule has 0 spiro atoms. The second kappa shape index (κ2) is 8.19. The Morgan fingerprint density at radius 2 is 2.10 bits per heavy atom. The Hall–Kier alpha value is -2.34. The highest BCUT2D eigenvalue weighted by atomic mass is 16.5. The fourth-order valence-corrected chi connectivity index (χ4v) is 4.98. The molecule has 1 saturated carbocycles. The van der Waals surface area contributed by atoms with Gasteiger partial charge in [-0.2, -0.15) is 5.10 Å². The third kappa shape index (κ3) is 3.90. The van der Waals surface area contributed by atoms with Crippen molar-refractivity contribution in [1.29, 1.82) is 0 Å². The topological polar surface area (TPSA) is 59.4 Å². The highest BCUT2D eigenvalue weighted by Gasteiger charge is 2.29. The van der Waals surface area contributed by atoms with Crippen LogP contribution in [0.25, 0.3) is 0 Å². The second-order valence-electron chi connectivity index (χ2n) is 8.59. The average molecular weight is 395 g/mol. The van der Waals surface area contributed by atoms with Crippen molar-refractivity contribution in [3.63, 3.8) is 0 Å². The van der Waals surface area contributed by atoms with Crippen LogP contribution < -0.4 is 10.1 Å². The van der Waals surface area contributed by atoms with Crippen molar-refractivity contribution in [2.24, 2.45) is 0 Å². The number of benzene rings is 1. The van der Waals surface area contributed by atoms with E-state index < -0.39 is 0 Å². The van der Waals surface area contributed by atoms with Crippen LogP contribution in [0.1, 0.15) is 66.2 Å². The highest BCUT2D eigenvalue weighted by Crippen LogP contribution is 2.30. The first-order valence-corrected chi connectivity index (χ1v) is 11.1. The van der Waals surface area contributed by atoms with E-state index in [-0.39, 0.29) is 5.91 Å². The fraction of sp³-hybridized carbons (Fsp3) is 0.565. The standard InChI is InChI=1S/C23H30N4O2/c28-23(21-9-12-27(25-21)20-6-3-11-24-15-20)26(19-4-1-2-5-19)16-17-7-8-22-18(14-17)10-13-29-22/h7-9,12,14,19-20,24H,1-6,10-11,13,15-16H2. The van der Waals surface area contributed by atoms with E-state index in [1.54, 1.807) is 0 Å². The third-order valence-electron chi connectivity index (χ3n) is 6.61. The van der Waals surface area contributed by atoms with Crippen LogP contribution in [0.3, 0.4) is 0 Å². The van der Waals surface area contributed by atoms with Crippen LogP contribution in [-0.4, -0.2) is 46.3 Å². The van der Waals surface area contributed by atoms with Crippen LogP contribution in [0.5, 0.6) is 5.75 Å². The molecule has 1 aromatic heterocycles. The van der Waals surface area contributed by atoms with E-state index in [0.29, 0.717) is 24.3 Å². The van der Waals surface area contributed by atoms with E-state index >= 15 is 0 Å². The van der Waals surface area contributed by atoms with Crippen molar-refractivity contribution in [1.82, 2.24) is 20.0 Å². The highest BCUT2D eigenvalue weighted by molar-refractivity contribution is 5.92. The summed E-state index contributed by atoms with van der Waals surface area (Å²) >= 11 is 0. The van der Waals surface area contributed by atoms with Gasteiger partial charge >= 0.3 is 0 Å². The van der Waals surface area contributed by atoms with Gasteiger partial charge in [-0.15, -0.1) is 0 Å². The van der Waals surface area contributed by atoms with Gasteiger partial charge < -0.3 is 15.0 Å². The number of amides is 1. The van der Waals surface area contributed by atoms with E-state index in [2.05, 4.69) is 28.4 Å². The molecule has 0 radical (unpaired) electrons. The normalized spacial score (nSPS) is 21.7. The average Bonchev–Trinajstić information content (AvgIpc) is 3.53. The van der Waals surface area contributed by atoms with Gasteiger partial charge in [0.15, 0.2) is 0 Å². The SMILES string of the molecule is O=C(c1ccn(C2CCCNC2)n1)N(Cc1ccc2c(c1)CCO2)C1CCCC1. The monoisotopic (exact) mass is 394 g/mol. The lowest BCUT2D eigenvalue weighted by Gasteiger charge is -2.29. The predicted octanol–water partition coefficient (Wildman–Crippen LogP) is 3.33. The first-order chi connectivity index (χ1) is 14.3. The van der Waals surface area contributed by atoms with E-state index in [1.807, 2.05) is 16.9 Å². The van der Waals surface area contributed by atoms with E-state index in [4.69, 9.17) is 9.84 Å². The minimum absolute atomic E-state index is 0.0659. The molecule has 3 aliphatic rings. The van der Waals surface area contributed by atoms with Crippen LogP contribution in [0.4, 0.5) is 0 Å². The number of rotatable bonds is 5. The lowest BCUT2D eigenvalue weighted by molar-refractivity contribution is 0.0657. The molecule has 1 amide bonds. The molecule has 1 unspecified atom stereocenters. The number of hydrogen-bond donors (Lipinski definition) is 1. The molecule has 3 heterocycles. The van der Waals surface area contributed by atoms with Crippen molar-refractivity contribution < 1.29 is 9.53 Å². The number of nitrogens with one attached hydrogen (secondary N) is 1. The molecule has 2 aliphatic heterocycles. The molecule has 1 aliphatic carbocycles. The molecular formula is C23H30N4O2. The molecule has 154 valence electrons. The number of carbonyl (C=O) groups excluding carboxylic acids is 1. The van der Waals surface area contributed by atoms with E-state index in [9.17, 15) is 4.79 Å². The largest absolute Gasteiger partial charge is 0.493 e. The summed E-state index contributed by atoms with van der Waals surface area (Å²) < 4.78 is 7.62. The summed E-state index contributed by atoms with van der Waals surface area (Å²) in [7, 11) is 0. The molecule has 1 N–H and O–H groups in total. The lowest BCUT2D eigenvalue weighted by atomic mass is 10.1. The number of fused-ring (bicyclic) bond motifs is 1. The number of carbonyl (C=O) groups is 1. The summed E-state index contributed by atoms with van der Waals surface area (Å²) in [6.45, 7) is 3.41. The number of ether oxygens (including phenoxy) is 1. The molecule has 1 atom stereocenters. The summed E-state index contributed by atoms with van der Waals surface area (Å²) in [6.07, 6.45) is 9.80. The van der Waals surface area contributed by atoms with Gasteiger partial charge in [-0.3, -0.25) is 9.48 Å². The van der Waals surface area contributed by atoms with Crippen LogP contribution in [0.2, 0.25) is 0 Å². The van der Waals surface area contributed by atoms with Gasteiger partial charge in [0.05, 0.1) is 12.6 Å². The summed E-state index contributed by atoms with van der Waals surface area (Å²) in [4.78, 5) is 15.5. The minimum atomic E-state index is 0.0659. The van der Waals surface area contributed by atoms with Gasteiger partial charge in [0, 0.05) is 31.7 Å². The summed E-state index contributed by atoms with van der Waals surface area (Å²) in [5.74, 6) is 1.06. The maximum Gasteiger partial charge on any atom is 0.274 e. The zero-order valence-electron chi connectivity index (χ0n) is 17.0. The first-order valence-electron chi connectivity index (χ1n) is 11.1. The molecule has 1 saturated heterocycles. The maximum atomic E-state index is 13.5. The fourth-order valence-electron chi connectivity index (χ4n) is 4.98. The number of nitrogens with zero attached hydrogens (tertiary/aromatic N) is 3. The molecule has 1 aromatic carbocycles. The van der Waals surface area contributed by atoms with Crippen LogP contribution in [0, 0.1) is 0 Å². The molecular weight excluding hydrogens is 364 g/mol. The minimum Gasteiger partial charge on any atom is -0.493 e. The Balaban J connectivity index is 1.36. The quantitative estimate of drug-likeness (QED) is 0.845. The van der Waals surface area contributed by atoms with Crippen molar-refractivity contribution in [3.05, 3.63) is 47.3 Å². The Kier molecular flexibility index (Phi) is 5.27. The maximum absolute atomic E-state index is 13.5. The van der Waals surface area contributed by atoms with Crippen LogP contribution in [-0.2, 0) is 13.0 Å². The summed E-state index contributed by atoms with van der Waals surface area (Å²) in [5, 5.41) is 8.12. The molecule has 2 fully saturated rings. The van der Waals surface area contributed by atoms with Crippen molar-refractivity contribution in [3.8, 4) is 5.75 Å². The van der Waals surface area contributed by atoms with Gasteiger partial charge in [0.1, 0.15) is 11.4 Å². The molecule has 29 heavy (non-hydrogen) atoms. The van der Waals surface area contributed by atoms with Gasteiger partial charge in [0.2, 0.25) is 0 Å². The molecule has 2 aromatic rings. The number of piperidine rings is 1. The smallest absolute Gasteiger partial charge is 0.274 e. The summed E-state index contributed by atoms with van der Waals surface area (Å²) in [6, 6.07) is 8.93. The van der Waals surface area contributed by atoms with Crippen LogP contribution in [0.15, 0.2) is 30.5 Å². The lowest BCUT2D eigenvalue weighted by Crippen LogP contribution is -2.38. The Morgan fingerprint density at radius 1 is 1.21 bits per heavy atom. The van der Waals surface area contributed by atoms with Gasteiger partial charge in [-0.05, 0) is 55.5 Å². The van der Waals surface area contributed by atoms with Gasteiger partial charge in [-0.1, -0.05) is 25.0 Å². The summed E-state index contributed by atoms with van der Waals surface area (Å²) in [5.41, 5.74) is 3.02. The van der Waals surface area contributed by atoms with Crippen LogP contribution >= 0.6 is 0 Å². The third-order valence-corrected chi connectivity index (χ3v) is 6.61. The Bertz CT molecular complexity index is 866. The molecule has 0 bridgehead atoms. The zero-order chi connectivity index (χ0) is 19.6. The van der Waals surface area contributed by atoms with E-state index in [0.717, 1.165) is 57.6 Å². The predicted molar refractivity (Wildman–Crippen MR) is 111 cm³/mol. The first kappa shape index (κ1) is 18.7. The Morgan fingerprint density at radius 3 is 2.93 bits per heavy atom. The van der Waals surface area contributed by atoms with Crippen molar-refractivity contribution >= 4 is 5.91 Å².